The lowest BCUT2D eigenvalue weighted by Gasteiger charge is -1.98. The van der Waals surface area contributed by atoms with Crippen molar-refractivity contribution in [3.63, 3.8) is 0 Å². The van der Waals surface area contributed by atoms with Crippen LogP contribution >= 0.6 is 15.9 Å². The molecule has 2 aromatic rings. The monoisotopic (exact) mass is 259 g/mol. The normalized spacial score (nSPS) is 11.4. The van der Waals surface area contributed by atoms with E-state index in [0.29, 0.717) is 5.56 Å². The summed E-state index contributed by atoms with van der Waals surface area (Å²) in [7, 11) is 0. The van der Waals surface area contributed by atoms with Crippen molar-refractivity contribution >= 4 is 26.8 Å². The van der Waals surface area contributed by atoms with E-state index in [4.69, 9.17) is 0 Å². The predicted molar refractivity (Wildman–Crippen MR) is 55.7 cm³/mol. The maximum atomic E-state index is 12.2. The number of H-pyrrole nitrogens is 1. The average Bonchev–Trinajstić information content (AvgIpc) is 2.47. The van der Waals surface area contributed by atoms with Crippen LogP contribution in [-0.2, 0) is 6.42 Å². The minimum Gasteiger partial charge on any atom is -0.361 e. The maximum Gasteiger partial charge on any atom is 0.242 e. The third-order valence-electron chi connectivity index (χ3n) is 2.10. The molecule has 1 nitrogen and oxygen atoms in total. The summed E-state index contributed by atoms with van der Waals surface area (Å²) in [5.41, 5.74) is 1.56. The Hall–Kier alpha value is -0.900. The zero-order chi connectivity index (χ0) is 10.1. The summed E-state index contributed by atoms with van der Waals surface area (Å²) in [4.78, 5) is 2.97. The molecule has 0 saturated carbocycles. The molecule has 14 heavy (non-hydrogen) atoms. The van der Waals surface area contributed by atoms with E-state index in [1.807, 2.05) is 18.2 Å². The van der Waals surface area contributed by atoms with Crippen molar-refractivity contribution < 1.29 is 8.78 Å². The van der Waals surface area contributed by atoms with Gasteiger partial charge in [-0.05, 0) is 23.8 Å². The van der Waals surface area contributed by atoms with E-state index in [-0.39, 0.29) is 6.42 Å². The topological polar surface area (TPSA) is 15.8 Å². The van der Waals surface area contributed by atoms with Crippen molar-refractivity contribution in [1.82, 2.24) is 4.98 Å². The van der Waals surface area contributed by atoms with E-state index < -0.39 is 6.43 Å². The highest BCUT2D eigenvalue weighted by Gasteiger charge is 2.09. The van der Waals surface area contributed by atoms with Crippen LogP contribution in [0.5, 0.6) is 0 Å². The molecule has 0 aliphatic heterocycles. The molecular weight excluding hydrogens is 252 g/mol. The number of aromatic amines is 1. The van der Waals surface area contributed by atoms with E-state index in [0.717, 1.165) is 15.4 Å². The molecule has 1 aromatic heterocycles. The Kier molecular flexibility index (Phi) is 2.54. The standard InChI is InChI=1S/C10H8BrF2N/c11-7-1-2-9-8(4-7)6(5-14-9)3-10(12)13/h1-2,4-5,10,14H,3H2. The van der Waals surface area contributed by atoms with Crippen LogP contribution in [0, 0.1) is 0 Å². The van der Waals surface area contributed by atoms with Crippen LogP contribution in [0.3, 0.4) is 0 Å². The molecule has 0 bridgehead atoms. The van der Waals surface area contributed by atoms with Gasteiger partial charge in [0, 0.05) is 28.0 Å². The number of alkyl halides is 2. The van der Waals surface area contributed by atoms with Gasteiger partial charge in [-0.15, -0.1) is 0 Å². The van der Waals surface area contributed by atoms with Gasteiger partial charge in [-0.2, -0.15) is 0 Å². The number of rotatable bonds is 2. The molecule has 0 radical (unpaired) electrons. The SMILES string of the molecule is FC(F)Cc1c[nH]c2ccc(Br)cc12. The second kappa shape index (κ2) is 3.69. The largest absolute Gasteiger partial charge is 0.361 e. The fourth-order valence-electron chi connectivity index (χ4n) is 1.49. The summed E-state index contributed by atoms with van der Waals surface area (Å²) in [6.45, 7) is 0. The lowest BCUT2D eigenvalue weighted by atomic mass is 10.1. The summed E-state index contributed by atoms with van der Waals surface area (Å²) in [5.74, 6) is 0. The Bertz CT molecular complexity index is 450. The summed E-state index contributed by atoms with van der Waals surface area (Å²) in [6.07, 6.45) is -0.854. The van der Waals surface area contributed by atoms with Gasteiger partial charge in [0.15, 0.2) is 0 Å². The number of hydrogen-bond donors (Lipinski definition) is 1. The van der Waals surface area contributed by atoms with E-state index in [2.05, 4.69) is 20.9 Å². The lowest BCUT2D eigenvalue weighted by Crippen LogP contribution is -1.94. The molecule has 0 fully saturated rings. The van der Waals surface area contributed by atoms with Gasteiger partial charge in [-0.1, -0.05) is 15.9 Å². The summed E-state index contributed by atoms with van der Waals surface area (Å²) < 4.78 is 25.3. The van der Waals surface area contributed by atoms with Crippen molar-refractivity contribution in [2.24, 2.45) is 0 Å². The highest BCUT2D eigenvalue weighted by Crippen LogP contribution is 2.24. The van der Waals surface area contributed by atoms with Crippen LogP contribution < -0.4 is 0 Å². The Balaban J connectivity index is 2.50. The Morgan fingerprint density at radius 3 is 2.86 bits per heavy atom. The van der Waals surface area contributed by atoms with Crippen LogP contribution in [-0.4, -0.2) is 11.4 Å². The van der Waals surface area contributed by atoms with Crippen molar-refractivity contribution in [2.75, 3.05) is 0 Å². The van der Waals surface area contributed by atoms with E-state index in [9.17, 15) is 8.78 Å². The molecule has 0 saturated heterocycles. The summed E-state index contributed by atoms with van der Waals surface area (Å²) in [5, 5.41) is 0.861. The molecule has 0 unspecified atom stereocenters. The second-order valence-electron chi connectivity index (χ2n) is 3.10. The first-order chi connectivity index (χ1) is 6.66. The fraction of sp³-hybridized carbons (Fsp3) is 0.200. The quantitative estimate of drug-likeness (QED) is 0.846. The molecular formula is C10H8BrF2N. The number of hydrogen-bond acceptors (Lipinski definition) is 0. The minimum absolute atomic E-state index is 0.198. The van der Waals surface area contributed by atoms with E-state index in [1.54, 1.807) is 6.20 Å². The third-order valence-corrected chi connectivity index (χ3v) is 2.60. The molecule has 0 spiro atoms. The van der Waals surface area contributed by atoms with Gasteiger partial charge in [0.25, 0.3) is 0 Å². The summed E-state index contributed by atoms with van der Waals surface area (Å²) in [6, 6.07) is 5.60. The van der Waals surface area contributed by atoms with Crippen molar-refractivity contribution in [3.05, 3.63) is 34.4 Å². The van der Waals surface area contributed by atoms with Gasteiger partial charge in [-0.25, -0.2) is 8.78 Å². The number of benzene rings is 1. The Morgan fingerprint density at radius 2 is 2.14 bits per heavy atom. The van der Waals surface area contributed by atoms with Crippen LogP contribution in [0.2, 0.25) is 0 Å². The highest BCUT2D eigenvalue weighted by molar-refractivity contribution is 9.10. The molecule has 1 aromatic carbocycles. The zero-order valence-electron chi connectivity index (χ0n) is 7.23. The molecule has 2 rings (SSSR count). The van der Waals surface area contributed by atoms with Crippen LogP contribution in [0.25, 0.3) is 10.9 Å². The number of fused-ring (bicyclic) bond motifs is 1. The molecule has 1 N–H and O–H groups in total. The van der Waals surface area contributed by atoms with Gasteiger partial charge in [0.2, 0.25) is 6.43 Å². The summed E-state index contributed by atoms with van der Waals surface area (Å²) >= 11 is 3.32. The third kappa shape index (κ3) is 1.80. The molecule has 0 aliphatic rings. The average molecular weight is 260 g/mol. The van der Waals surface area contributed by atoms with Crippen molar-refractivity contribution in [2.45, 2.75) is 12.8 Å². The molecule has 0 aliphatic carbocycles. The molecule has 1 heterocycles. The number of nitrogens with one attached hydrogen (secondary N) is 1. The van der Waals surface area contributed by atoms with E-state index >= 15 is 0 Å². The van der Waals surface area contributed by atoms with Crippen molar-refractivity contribution in [3.8, 4) is 0 Å². The molecule has 4 heteroatoms. The smallest absolute Gasteiger partial charge is 0.242 e. The predicted octanol–water partition coefficient (Wildman–Crippen LogP) is 3.74. The fourth-order valence-corrected chi connectivity index (χ4v) is 1.85. The minimum atomic E-state index is -2.30. The van der Waals surface area contributed by atoms with Crippen LogP contribution in [0.1, 0.15) is 5.56 Å². The van der Waals surface area contributed by atoms with Crippen molar-refractivity contribution in [1.29, 1.82) is 0 Å². The first-order valence-electron chi connectivity index (χ1n) is 4.20. The molecule has 0 amide bonds. The first kappa shape index (κ1) is 9.65. The van der Waals surface area contributed by atoms with Crippen LogP contribution in [0.4, 0.5) is 8.78 Å². The molecule has 74 valence electrons. The van der Waals surface area contributed by atoms with Crippen LogP contribution in [0.15, 0.2) is 28.9 Å². The second-order valence-corrected chi connectivity index (χ2v) is 4.01. The lowest BCUT2D eigenvalue weighted by molar-refractivity contribution is 0.149. The van der Waals surface area contributed by atoms with Gasteiger partial charge in [-0.3, -0.25) is 0 Å². The number of aromatic nitrogens is 1. The van der Waals surface area contributed by atoms with E-state index in [1.165, 1.54) is 0 Å². The van der Waals surface area contributed by atoms with Gasteiger partial charge >= 0.3 is 0 Å². The zero-order valence-corrected chi connectivity index (χ0v) is 8.81. The highest BCUT2D eigenvalue weighted by atomic mass is 79.9. The maximum absolute atomic E-state index is 12.2. The number of halogens is 3. The Labute approximate surface area is 88.3 Å². The van der Waals surface area contributed by atoms with Gasteiger partial charge in [0.05, 0.1) is 0 Å². The molecule has 0 atom stereocenters. The van der Waals surface area contributed by atoms with Gasteiger partial charge < -0.3 is 4.98 Å². The van der Waals surface area contributed by atoms with Gasteiger partial charge in [0.1, 0.15) is 0 Å². The first-order valence-corrected chi connectivity index (χ1v) is 5.00. The Morgan fingerprint density at radius 1 is 1.36 bits per heavy atom.